The molecule has 1 unspecified atom stereocenters. The fraction of sp³-hybridized carbons (Fsp3) is 0.636. The summed E-state index contributed by atoms with van der Waals surface area (Å²) in [5, 5.41) is 8.28. The Hall–Kier alpha value is -0.580. The largest absolute Gasteiger partial charge is 0.376 e. The number of hydrogen-bond acceptors (Lipinski definition) is 4. The van der Waals surface area contributed by atoms with E-state index in [2.05, 4.69) is 22.0 Å². The van der Waals surface area contributed by atoms with Crippen molar-refractivity contribution in [1.29, 1.82) is 0 Å². The zero-order valence-electron chi connectivity index (χ0n) is 9.70. The number of ether oxygens (including phenoxy) is 1. The smallest absolute Gasteiger partial charge is 0.175 e. The van der Waals surface area contributed by atoms with E-state index in [4.69, 9.17) is 27.9 Å². The van der Waals surface area contributed by atoms with Crippen molar-refractivity contribution in [2.24, 2.45) is 0 Å². The van der Waals surface area contributed by atoms with Crippen LogP contribution >= 0.6 is 23.2 Å². The Balaban J connectivity index is 2.13. The summed E-state index contributed by atoms with van der Waals surface area (Å²) >= 11 is 11.9. The van der Waals surface area contributed by atoms with E-state index in [0.29, 0.717) is 10.3 Å². The van der Waals surface area contributed by atoms with Crippen molar-refractivity contribution >= 4 is 28.9 Å². The van der Waals surface area contributed by atoms with Gasteiger partial charge in [0.25, 0.3) is 0 Å². The SMILES string of the molecule is CCN(CC1CCCO1)c1cc(Cl)nnc1Cl. The summed E-state index contributed by atoms with van der Waals surface area (Å²) in [6, 6.07) is 1.75. The number of likely N-dealkylation sites (N-methyl/N-ethyl adjacent to an activating group) is 1. The minimum absolute atomic E-state index is 0.276. The van der Waals surface area contributed by atoms with Crippen LogP contribution in [0.3, 0.4) is 0 Å². The van der Waals surface area contributed by atoms with Crippen LogP contribution in [0.25, 0.3) is 0 Å². The molecule has 6 heteroatoms. The summed E-state index contributed by atoms with van der Waals surface area (Å²) in [6.07, 6.45) is 2.50. The fourth-order valence-corrected chi connectivity index (χ4v) is 2.35. The van der Waals surface area contributed by atoms with E-state index >= 15 is 0 Å². The van der Waals surface area contributed by atoms with Crippen molar-refractivity contribution in [3.63, 3.8) is 0 Å². The van der Waals surface area contributed by atoms with Crippen LogP contribution in [-0.2, 0) is 4.74 Å². The van der Waals surface area contributed by atoms with Crippen LogP contribution in [-0.4, -0.2) is 36.0 Å². The van der Waals surface area contributed by atoms with Gasteiger partial charge in [0.15, 0.2) is 10.3 Å². The maximum atomic E-state index is 6.04. The van der Waals surface area contributed by atoms with Crippen LogP contribution in [0.5, 0.6) is 0 Å². The van der Waals surface area contributed by atoms with Gasteiger partial charge in [-0.05, 0) is 19.8 Å². The topological polar surface area (TPSA) is 38.2 Å². The van der Waals surface area contributed by atoms with Gasteiger partial charge in [-0.1, -0.05) is 23.2 Å². The first kappa shape index (κ1) is 12.9. The van der Waals surface area contributed by atoms with Gasteiger partial charge in [-0.25, -0.2) is 0 Å². The molecule has 94 valence electrons. The molecule has 1 aliphatic rings. The zero-order chi connectivity index (χ0) is 12.3. The molecule has 0 amide bonds. The van der Waals surface area contributed by atoms with Gasteiger partial charge in [-0.15, -0.1) is 10.2 Å². The second-order valence-corrected chi connectivity index (χ2v) is 4.76. The molecule has 0 N–H and O–H groups in total. The van der Waals surface area contributed by atoms with Crippen LogP contribution in [0, 0.1) is 0 Å². The minimum Gasteiger partial charge on any atom is -0.376 e. The molecule has 2 rings (SSSR count). The van der Waals surface area contributed by atoms with Gasteiger partial charge >= 0.3 is 0 Å². The van der Waals surface area contributed by atoms with Gasteiger partial charge in [-0.2, -0.15) is 0 Å². The van der Waals surface area contributed by atoms with Crippen molar-refractivity contribution in [1.82, 2.24) is 10.2 Å². The van der Waals surface area contributed by atoms with Gasteiger partial charge in [0.05, 0.1) is 11.8 Å². The number of nitrogens with zero attached hydrogens (tertiary/aromatic N) is 3. The first-order valence-corrected chi connectivity index (χ1v) is 6.51. The number of aromatic nitrogens is 2. The van der Waals surface area contributed by atoms with E-state index in [1.165, 1.54) is 0 Å². The normalized spacial score (nSPS) is 19.6. The van der Waals surface area contributed by atoms with E-state index < -0.39 is 0 Å². The summed E-state index contributed by atoms with van der Waals surface area (Å²) in [4.78, 5) is 2.12. The highest BCUT2D eigenvalue weighted by atomic mass is 35.5. The molecule has 17 heavy (non-hydrogen) atoms. The lowest BCUT2D eigenvalue weighted by Crippen LogP contribution is -2.32. The Morgan fingerprint density at radius 2 is 2.29 bits per heavy atom. The van der Waals surface area contributed by atoms with E-state index in [-0.39, 0.29) is 6.10 Å². The van der Waals surface area contributed by atoms with E-state index in [0.717, 1.165) is 38.2 Å². The first-order valence-electron chi connectivity index (χ1n) is 5.76. The molecule has 1 aromatic heterocycles. The Kier molecular flexibility index (Phi) is 4.42. The molecule has 0 bridgehead atoms. The Labute approximate surface area is 111 Å². The summed E-state index contributed by atoms with van der Waals surface area (Å²) in [5.41, 5.74) is 0.824. The summed E-state index contributed by atoms with van der Waals surface area (Å²) in [5.74, 6) is 0. The van der Waals surface area contributed by atoms with Crippen LogP contribution in [0.2, 0.25) is 10.3 Å². The Morgan fingerprint density at radius 3 is 2.94 bits per heavy atom. The average molecular weight is 276 g/mol. The molecule has 1 fully saturated rings. The van der Waals surface area contributed by atoms with Crippen LogP contribution < -0.4 is 4.90 Å². The molecule has 0 aromatic carbocycles. The van der Waals surface area contributed by atoms with Crippen molar-refractivity contribution in [3.05, 3.63) is 16.4 Å². The van der Waals surface area contributed by atoms with Crippen molar-refractivity contribution in [3.8, 4) is 0 Å². The highest BCUT2D eigenvalue weighted by Crippen LogP contribution is 2.26. The summed E-state index contributed by atoms with van der Waals surface area (Å²) < 4.78 is 5.62. The summed E-state index contributed by atoms with van der Waals surface area (Å²) in [6.45, 7) is 4.57. The molecular weight excluding hydrogens is 261 g/mol. The minimum atomic E-state index is 0.276. The monoisotopic (exact) mass is 275 g/mol. The maximum Gasteiger partial charge on any atom is 0.175 e. The number of hydrogen-bond donors (Lipinski definition) is 0. The number of halogens is 2. The standard InChI is InChI=1S/C11H15Cl2N3O/c1-2-16(7-8-4-3-5-17-8)9-6-10(12)14-15-11(9)13/h6,8H,2-5,7H2,1H3. The first-order chi connectivity index (χ1) is 8.20. The molecule has 0 spiro atoms. The third-order valence-corrected chi connectivity index (χ3v) is 3.32. The van der Waals surface area contributed by atoms with Gasteiger partial charge in [0.1, 0.15) is 0 Å². The quantitative estimate of drug-likeness (QED) is 0.847. The highest BCUT2D eigenvalue weighted by molar-refractivity contribution is 6.33. The lowest BCUT2D eigenvalue weighted by atomic mass is 10.2. The molecule has 1 saturated heterocycles. The molecule has 1 aliphatic heterocycles. The molecule has 0 aliphatic carbocycles. The van der Waals surface area contributed by atoms with E-state index in [9.17, 15) is 0 Å². The van der Waals surface area contributed by atoms with Gasteiger partial charge in [0.2, 0.25) is 0 Å². The van der Waals surface area contributed by atoms with Crippen LogP contribution in [0.4, 0.5) is 5.69 Å². The number of anilines is 1. The average Bonchev–Trinajstić information content (AvgIpc) is 2.82. The van der Waals surface area contributed by atoms with Crippen LogP contribution in [0.1, 0.15) is 19.8 Å². The van der Waals surface area contributed by atoms with Crippen molar-refractivity contribution < 1.29 is 4.74 Å². The lowest BCUT2D eigenvalue weighted by molar-refractivity contribution is 0.115. The van der Waals surface area contributed by atoms with Gasteiger partial charge in [0, 0.05) is 25.8 Å². The van der Waals surface area contributed by atoms with E-state index in [1.807, 2.05) is 0 Å². The van der Waals surface area contributed by atoms with Gasteiger partial charge in [-0.3, -0.25) is 0 Å². The van der Waals surface area contributed by atoms with E-state index in [1.54, 1.807) is 6.07 Å². The van der Waals surface area contributed by atoms with Crippen molar-refractivity contribution in [2.45, 2.75) is 25.9 Å². The van der Waals surface area contributed by atoms with Crippen LogP contribution in [0.15, 0.2) is 6.07 Å². The molecule has 1 atom stereocenters. The van der Waals surface area contributed by atoms with Crippen molar-refractivity contribution in [2.75, 3.05) is 24.6 Å². The fourth-order valence-electron chi connectivity index (χ4n) is 2.00. The molecule has 0 radical (unpaired) electrons. The predicted octanol–water partition coefficient (Wildman–Crippen LogP) is 2.79. The molecular formula is C11H15Cl2N3O. The second-order valence-electron chi connectivity index (χ2n) is 4.02. The maximum absolute atomic E-state index is 6.04. The summed E-state index contributed by atoms with van der Waals surface area (Å²) in [7, 11) is 0. The molecule has 0 saturated carbocycles. The lowest BCUT2D eigenvalue weighted by Gasteiger charge is -2.26. The third-order valence-electron chi connectivity index (χ3n) is 2.87. The molecule has 2 heterocycles. The second kappa shape index (κ2) is 5.85. The molecule has 4 nitrogen and oxygen atoms in total. The zero-order valence-corrected chi connectivity index (χ0v) is 11.2. The third kappa shape index (κ3) is 3.21. The van der Waals surface area contributed by atoms with Gasteiger partial charge < -0.3 is 9.64 Å². The highest BCUT2D eigenvalue weighted by Gasteiger charge is 2.20. The molecule has 1 aromatic rings. The number of rotatable bonds is 4. The Morgan fingerprint density at radius 1 is 1.47 bits per heavy atom. The predicted molar refractivity (Wildman–Crippen MR) is 68.9 cm³/mol. The Bertz CT molecular complexity index is 383.